The Morgan fingerprint density at radius 1 is 0.974 bits per heavy atom. The number of likely N-dealkylation sites (tertiary alicyclic amines) is 1. The van der Waals surface area contributed by atoms with E-state index in [1.54, 1.807) is 45.9 Å². The Labute approximate surface area is 221 Å². The van der Waals surface area contributed by atoms with E-state index >= 15 is 0 Å². The minimum Gasteiger partial charge on any atom is -0.444 e. The van der Waals surface area contributed by atoms with Gasteiger partial charge in [-0.25, -0.2) is 4.79 Å². The lowest BCUT2D eigenvalue weighted by molar-refractivity contribution is -0.143. The average Bonchev–Trinajstić information content (AvgIpc) is 2.78. The van der Waals surface area contributed by atoms with Gasteiger partial charge in [-0.05, 0) is 69.5 Å². The number of nitrogens with zero attached hydrogens (tertiary/aromatic N) is 1. The van der Waals surface area contributed by atoms with E-state index in [1.165, 1.54) is 4.90 Å². The fraction of sp³-hybridized carbons (Fsp3) is 0.462. The van der Waals surface area contributed by atoms with Crippen LogP contribution in [-0.4, -0.2) is 41.6 Å². The molecule has 1 aliphatic heterocycles. The highest BCUT2D eigenvalue weighted by Gasteiger charge is 2.39. The molecule has 1 N–H and O–H groups in total. The monoisotopic (exact) mass is 564 g/mol. The fourth-order valence-corrected chi connectivity index (χ4v) is 4.31. The predicted molar refractivity (Wildman–Crippen MR) is 129 cm³/mol. The van der Waals surface area contributed by atoms with E-state index in [4.69, 9.17) is 16.3 Å². The Kier molecular flexibility index (Phi) is 8.31. The van der Waals surface area contributed by atoms with Gasteiger partial charge in [0.15, 0.2) is 0 Å². The summed E-state index contributed by atoms with van der Waals surface area (Å²) < 4.78 is 85.2. The minimum atomic E-state index is -5.08. The first-order valence-electron chi connectivity index (χ1n) is 11.7. The van der Waals surface area contributed by atoms with E-state index in [9.17, 15) is 35.9 Å². The maximum absolute atomic E-state index is 13.3. The molecule has 2 atom stereocenters. The Bertz CT molecular complexity index is 1170. The molecule has 0 aromatic heterocycles. The molecule has 0 aliphatic carbocycles. The summed E-state index contributed by atoms with van der Waals surface area (Å²) in [6.07, 6.45) is -10.6. The zero-order valence-corrected chi connectivity index (χ0v) is 21.8. The van der Waals surface area contributed by atoms with Crippen LogP contribution in [0, 0.1) is 6.92 Å². The Morgan fingerprint density at radius 2 is 1.55 bits per heavy atom. The maximum atomic E-state index is 13.3. The number of piperidine rings is 1. The standard InChI is InChI=1S/C26H27ClF6N2O3/c1-14-9-15(5-6-20(14)27)19-13-35(23(37)38-24(2,3)4)8-7-21(19)34-22(36)16-10-17(25(28,29)30)12-18(11-16)26(31,32)33/h5-6,9-12,19,21H,7-8,13H2,1-4H3,(H,34,36)/t19-,21+/m0/s1. The highest BCUT2D eigenvalue weighted by atomic mass is 35.5. The molecular formula is C26H27ClF6N2O3. The summed E-state index contributed by atoms with van der Waals surface area (Å²) in [5.74, 6) is -1.63. The zero-order chi connectivity index (χ0) is 28.6. The molecule has 2 amide bonds. The van der Waals surface area contributed by atoms with Crippen LogP contribution in [-0.2, 0) is 17.1 Å². The summed E-state index contributed by atoms with van der Waals surface area (Å²) >= 11 is 6.14. The largest absolute Gasteiger partial charge is 0.444 e. The molecule has 5 nitrogen and oxygen atoms in total. The van der Waals surface area contributed by atoms with Gasteiger partial charge in [-0.3, -0.25) is 4.79 Å². The third-order valence-electron chi connectivity index (χ3n) is 6.04. The molecule has 38 heavy (non-hydrogen) atoms. The maximum Gasteiger partial charge on any atom is 0.416 e. The summed E-state index contributed by atoms with van der Waals surface area (Å²) in [4.78, 5) is 27.2. The number of nitrogens with one attached hydrogen (secondary N) is 1. The van der Waals surface area contributed by atoms with Gasteiger partial charge in [-0.2, -0.15) is 26.3 Å². The summed E-state index contributed by atoms with van der Waals surface area (Å²) in [5.41, 5.74) is -3.28. The second-order valence-corrected chi connectivity index (χ2v) is 10.6. The van der Waals surface area contributed by atoms with E-state index in [-0.39, 0.29) is 25.6 Å². The molecular weight excluding hydrogens is 538 g/mol. The lowest BCUT2D eigenvalue weighted by Crippen LogP contribution is -2.52. The van der Waals surface area contributed by atoms with Gasteiger partial charge in [0.2, 0.25) is 0 Å². The zero-order valence-electron chi connectivity index (χ0n) is 21.1. The second kappa shape index (κ2) is 10.7. The number of rotatable bonds is 3. The number of hydrogen-bond acceptors (Lipinski definition) is 3. The minimum absolute atomic E-state index is 0.0324. The molecule has 0 unspecified atom stereocenters. The van der Waals surface area contributed by atoms with Crippen molar-refractivity contribution in [1.29, 1.82) is 0 Å². The topological polar surface area (TPSA) is 58.6 Å². The number of alkyl halides is 6. The first-order chi connectivity index (χ1) is 17.3. The SMILES string of the molecule is Cc1cc([C@@H]2CN(C(=O)OC(C)(C)C)CC[C@H]2NC(=O)c2cc(C(F)(F)F)cc(C(F)(F)F)c2)ccc1Cl. The van der Waals surface area contributed by atoms with Crippen molar-refractivity contribution in [3.63, 3.8) is 0 Å². The lowest BCUT2D eigenvalue weighted by atomic mass is 9.85. The van der Waals surface area contributed by atoms with Crippen LogP contribution >= 0.6 is 11.6 Å². The number of ether oxygens (including phenoxy) is 1. The van der Waals surface area contributed by atoms with Crippen molar-refractivity contribution in [1.82, 2.24) is 10.2 Å². The van der Waals surface area contributed by atoms with Gasteiger partial charge < -0.3 is 15.0 Å². The number of benzene rings is 2. The highest BCUT2D eigenvalue weighted by Crippen LogP contribution is 2.37. The van der Waals surface area contributed by atoms with Crippen LogP contribution in [0.25, 0.3) is 0 Å². The number of amides is 2. The van der Waals surface area contributed by atoms with Gasteiger partial charge >= 0.3 is 18.4 Å². The molecule has 1 heterocycles. The molecule has 0 bridgehead atoms. The molecule has 208 valence electrons. The predicted octanol–water partition coefficient (Wildman–Crippen LogP) is 7.21. The van der Waals surface area contributed by atoms with Crippen molar-refractivity contribution in [3.8, 4) is 0 Å². The molecule has 3 rings (SSSR count). The van der Waals surface area contributed by atoms with Crippen molar-refractivity contribution in [2.75, 3.05) is 13.1 Å². The van der Waals surface area contributed by atoms with Crippen molar-refractivity contribution in [2.24, 2.45) is 0 Å². The highest BCUT2D eigenvalue weighted by molar-refractivity contribution is 6.31. The van der Waals surface area contributed by atoms with E-state index in [0.29, 0.717) is 22.7 Å². The number of hydrogen-bond donors (Lipinski definition) is 1. The van der Waals surface area contributed by atoms with Crippen LogP contribution < -0.4 is 5.32 Å². The molecule has 0 saturated carbocycles. The van der Waals surface area contributed by atoms with E-state index in [2.05, 4.69) is 5.32 Å². The second-order valence-electron chi connectivity index (χ2n) is 10.2. The molecule has 1 saturated heterocycles. The average molecular weight is 565 g/mol. The number of carbonyl (C=O) groups is 2. The van der Waals surface area contributed by atoms with Crippen LogP contribution in [0.3, 0.4) is 0 Å². The molecule has 1 aliphatic rings. The summed E-state index contributed by atoms with van der Waals surface area (Å²) in [6, 6.07) is 5.14. The van der Waals surface area contributed by atoms with E-state index in [0.717, 1.165) is 5.56 Å². The van der Waals surface area contributed by atoms with E-state index < -0.39 is 58.6 Å². The molecule has 0 spiro atoms. The Hall–Kier alpha value is -2.95. The normalized spacial score (nSPS) is 18.8. The molecule has 12 heteroatoms. The van der Waals surface area contributed by atoms with Crippen LogP contribution in [0.2, 0.25) is 5.02 Å². The van der Waals surface area contributed by atoms with Crippen LogP contribution in [0.5, 0.6) is 0 Å². The third-order valence-corrected chi connectivity index (χ3v) is 6.47. The molecule has 2 aromatic carbocycles. The van der Waals surface area contributed by atoms with Crippen molar-refractivity contribution in [3.05, 3.63) is 69.2 Å². The molecule has 0 radical (unpaired) electrons. The number of aryl methyl sites for hydroxylation is 1. The Balaban J connectivity index is 1.94. The number of carbonyl (C=O) groups excluding carboxylic acids is 2. The molecule has 2 aromatic rings. The first-order valence-corrected chi connectivity index (χ1v) is 12.1. The van der Waals surface area contributed by atoms with Gasteiger partial charge in [0.25, 0.3) is 5.91 Å². The van der Waals surface area contributed by atoms with Gasteiger partial charge in [0, 0.05) is 35.6 Å². The van der Waals surface area contributed by atoms with Crippen molar-refractivity contribution in [2.45, 2.75) is 64.0 Å². The van der Waals surface area contributed by atoms with Gasteiger partial charge in [-0.15, -0.1) is 0 Å². The third kappa shape index (κ3) is 7.33. The van der Waals surface area contributed by atoms with Crippen LogP contribution in [0.15, 0.2) is 36.4 Å². The quantitative estimate of drug-likeness (QED) is 0.401. The van der Waals surface area contributed by atoms with E-state index in [1.807, 2.05) is 0 Å². The van der Waals surface area contributed by atoms with Gasteiger partial charge in [0.05, 0.1) is 11.1 Å². The summed E-state index contributed by atoms with van der Waals surface area (Å²) in [6.45, 7) is 7.14. The van der Waals surface area contributed by atoms with Crippen molar-refractivity contribution >= 4 is 23.6 Å². The lowest BCUT2D eigenvalue weighted by Gasteiger charge is -2.39. The Morgan fingerprint density at radius 3 is 2.05 bits per heavy atom. The van der Waals surface area contributed by atoms with Gasteiger partial charge in [0.1, 0.15) is 5.60 Å². The van der Waals surface area contributed by atoms with Crippen molar-refractivity contribution < 1.29 is 40.7 Å². The number of halogens is 7. The fourth-order valence-electron chi connectivity index (χ4n) is 4.19. The van der Waals surface area contributed by atoms with Crippen LogP contribution in [0.4, 0.5) is 31.1 Å². The molecule has 1 fully saturated rings. The van der Waals surface area contributed by atoms with Crippen LogP contribution in [0.1, 0.15) is 65.7 Å². The summed E-state index contributed by atoms with van der Waals surface area (Å²) in [7, 11) is 0. The first kappa shape index (κ1) is 29.6. The smallest absolute Gasteiger partial charge is 0.416 e. The summed E-state index contributed by atoms with van der Waals surface area (Å²) in [5, 5.41) is 3.08. The van der Waals surface area contributed by atoms with Gasteiger partial charge in [-0.1, -0.05) is 23.7 Å².